The number of amides is 3. The molecule has 8 atom stereocenters. The van der Waals surface area contributed by atoms with Crippen LogP contribution in [0.25, 0.3) is 0 Å². The number of fused-ring (bicyclic) bond motifs is 2. The molecule has 11 heteroatoms. The van der Waals surface area contributed by atoms with Crippen molar-refractivity contribution in [2.75, 3.05) is 13.2 Å². The standard InChI is InChI=1S/C40H46BrN3O7/c1-25-34(27-16-8-3-9-17-27)50-39(49)32-33-37(47)44(29(24-45)22-26-14-6-2-7-15-26)36(40(33)23-30(41)35(32)51-40)38(48)43(28-18-10-4-11-19-28)21-13-5-12-20-31(46)42-25/h2-3,5-9,13-17,23,25,28-29,32-36,45H,4,10-12,18-22,24H2,1H3,(H,42,46)/b13-5-/t25-,29+,32+,33-,34+,35+,36+,40-/m0/s1. The van der Waals surface area contributed by atoms with Crippen LogP contribution in [-0.4, -0.2) is 87.6 Å². The molecule has 0 unspecified atom stereocenters. The lowest BCUT2D eigenvalue weighted by atomic mass is 9.74. The van der Waals surface area contributed by atoms with Gasteiger partial charge in [0, 0.05) is 23.5 Å². The van der Waals surface area contributed by atoms with Crippen LogP contribution in [-0.2, 0) is 35.1 Å². The summed E-state index contributed by atoms with van der Waals surface area (Å²) in [7, 11) is 0. The number of carbonyl (C=O) groups is 4. The first-order valence-electron chi connectivity index (χ1n) is 18.3. The molecule has 3 fully saturated rings. The summed E-state index contributed by atoms with van der Waals surface area (Å²) in [6.45, 7) is 1.72. The summed E-state index contributed by atoms with van der Waals surface area (Å²) in [6, 6.07) is 16.3. The first-order chi connectivity index (χ1) is 24.7. The lowest BCUT2D eigenvalue weighted by Gasteiger charge is -2.42. The van der Waals surface area contributed by atoms with Crippen molar-refractivity contribution in [3.63, 3.8) is 0 Å². The van der Waals surface area contributed by atoms with E-state index in [0.29, 0.717) is 29.4 Å². The Hall–Kier alpha value is -3.80. The van der Waals surface area contributed by atoms with Gasteiger partial charge in [0.1, 0.15) is 29.8 Å². The molecular weight excluding hydrogens is 714 g/mol. The predicted octanol–water partition coefficient (Wildman–Crippen LogP) is 4.76. The Labute approximate surface area is 307 Å². The number of hydrogen-bond donors (Lipinski definition) is 2. The van der Waals surface area contributed by atoms with E-state index in [4.69, 9.17) is 9.47 Å². The van der Waals surface area contributed by atoms with Gasteiger partial charge in [0.25, 0.3) is 0 Å². The molecule has 4 heterocycles. The van der Waals surface area contributed by atoms with Crippen molar-refractivity contribution in [3.8, 4) is 0 Å². The molecule has 2 aromatic carbocycles. The third-order valence-electron chi connectivity index (χ3n) is 11.3. The van der Waals surface area contributed by atoms with Crippen LogP contribution in [0.3, 0.4) is 0 Å². The molecular formula is C40H46BrN3O7. The number of likely N-dealkylation sites (tertiary alicyclic amines) is 1. The number of benzene rings is 2. The number of hydrogen-bond acceptors (Lipinski definition) is 7. The van der Waals surface area contributed by atoms with Crippen LogP contribution >= 0.6 is 15.9 Å². The molecule has 4 aliphatic heterocycles. The van der Waals surface area contributed by atoms with E-state index in [9.17, 15) is 19.5 Å². The van der Waals surface area contributed by atoms with Gasteiger partial charge in [-0.1, -0.05) is 108 Å². The van der Waals surface area contributed by atoms with Crippen LogP contribution in [0.15, 0.2) is 83.4 Å². The highest BCUT2D eigenvalue weighted by molar-refractivity contribution is 9.11. The number of nitrogens with one attached hydrogen (secondary N) is 1. The highest BCUT2D eigenvalue weighted by atomic mass is 79.9. The molecule has 7 rings (SSSR count). The largest absolute Gasteiger partial charge is 0.455 e. The number of aliphatic hydroxyl groups is 1. The number of halogens is 1. The average molecular weight is 761 g/mol. The van der Waals surface area contributed by atoms with Gasteiger partial charge < -0.3 is 29.7 Å². The van der Waals surface area contributed by atoms with Crippen LogP contribution in [0.4, 0.5) is 0 Å². The Kier molecular flexibility index (Phi) is 10.5. The fourth-order valence-corrected chi connectivity index (χ4v) is 9.67. The maximum Gasteiger partial charge on any atom is 0.313 e. The molecule has 5 bridgehead atoms. The van der Waals surface area contributed by atoms with Gasteiger partial charge in [-0.25, -0.2) is 0 Å². The smallest absolute Gasteiger partial charge is 0.313 e. The first kappa shape index (κ1) is 35.6. The zero-order valence-corrected chi connectivity index (χ0v) is 30.5. The number of allylic oxidation sites excluding steroid dienone is 1. The summed E-state index contributed by atoms with van der Waals surface area (Å²) in [6.07, 6.45) is 9.75. The van der Waals surface area contributed by atoms with Gasteiger partial charge in [-0.15, -0.1) is 0 Å². The van der Waals surface area contributed by atoms with E-state index in [1.165, 1.54) is 4.90 Å². The van der Waals surface area contributed by atoms with Crippen molar-refractivity contribution in [2.45, 2.75) is 100 Å². The minimum absolute atomic E-state index is 0.0466. The van der Waals surface area contributed by atoms with Crippen LogP contribution in [0.1, 0.15) is 69.1 Å². The third-order valence-corrected chi connectivity index (χ3v) is 12.0. The number of carbonyl (C=O) groups excluding carboxylic acids is 4. The maximum atomic E-state index is 15.3. The van der Waals surface area contributed by atoms with Gasteiger partial charge in [-0.2, -0.15) is 0 Å². The predicted molar refractivity (Wildman–Crippen MR) is 193 cm³/mol. The third kappa shape index (κ3) is 6.68. The number of rotatable bonds is 6. The molecule has 270 valence electrons. The van der Waals surface area contributed by atoms with Crippen LogP contribution in [0.2, 0.25) is 0 Å². The Morgan fingerprint density at radius 2 is 1.65 bits per heavy atom. The lowest BCUT2D eigenvalue weighted by Crippen LogP contribution is -2.60. The number of nitrogens with zero attached hydrogens (tertiary/aromatic N) is 2. The monoisotopic (exact) mass is 759 g/mol. The molecule has 1 saturated carbocycles. The van der Waals surface area contributed by atoms with Gasteiger partial charge in [0.05, 0.1) is 24.6 Å². The molecule has 1 spiro atoms. The molecule has 2 aromatic rings. The first-order valence-corrected chi connectivity index (χ1v) is 19.1. The number of ether oxygens (including phenoxy) is 2. The Balaban J connectivity index is 1.34. The Morgan fingerprint density at radius 1 is 0.941 bits per heavy atom. The minimum atomic E-state index is -1.46. The van der Waals surface area contributed by atoms with E-state index in [0.717, 1.165) is 37.7 Å². The van der Waals surface area contributed by atoms with Gasteiger partial charge in [-0.05, 0) is 49.8 Å². The van der Waals surface area contributed by atoms with Crippen LogP contribution < -0.4 is 5.32 Å². The van der Waals surface area contributed by atoms with Gasteiger partial charge in [0.15, 0.2) is 0 Å². The molecule has 2 saturated heterocycles. The molecule has 3 amide bonds. The summed E-state index contributed by atoms with van der Waals surface area (Å²) < 4.78 is 13.6. The van der Waals surface area contributed by atoms with Gasteiger partial charge >= 0.3 is 5.97 Å². The van der Waals surface area contributed by atoms with E-state index < -0.39 is 59.6 Å². The van der Waals surface area contributed by atoms with Gasteiger partial charge in [0.2, 0.25) is 17.7 Å². The normalized spacial score (nSPS) is 33.0. The maximum absolute atomic E-state index is 15.3. The highest BCUT2D eigenvalue weighted by Crippen LogP contribution is 2.59. The second-order valence-electron chi connectivity index (χ2n) is 14.5. The molecule has 5 aliphatic rings. The quantitative estimate of drug-likeness (QED) is 0.322. The number of esters is 1. The van der Waals surface area contributed by atoms with Crippen LogP contribution in [0.5, 0.6) is 0 Å². The van der Waals surface area contributed by atoms with Crippen molar-refractivity contribution in [1.82, 2.24) is 15.1 Å². The summed E-state index contributed by atoms with van der Waals surface area (Å²) in [5.41, 5.74) is 0.146. The van der Waals surface area contributed by atoms with Crippen LogP contribution in [0, 0.1) is 11.8 Å². The van der Waals surface area contributed by atoms with Crippen molar-refractivity contribution in [3.05, 3.63) is 94.5 Å². The summed E-state index contributed by atoms with van der Waals surface area (Å²) in [5.74, 6) is -3.64. The second-order valence-corrected chi connectivity index (χ2v) is 15.4. The minimum Gasteiger partial charge on any atom is -0.455 e. The Morgan fingerprint density at radius 3 is 2.35 bits per heavy atom. The fourth-order valence-electron chi connectivity index (χ4n) is 8.93. The number of cyclic esters (lactones) is 1. The van der Waals surface area contributed by atoms with Crippen molar-refractivity contribution in [1.29, 1.82) is 0 Å². The van der Waals surface area contributed by atoms with E-state index in [-0.39, 0.29) is 30.9 Å². The molecule has 51 heavy (non-hydrogen) atoms. The van der Waals surface area contributed by atoms with Crippen molar-refractivity contribution >= 4 is 39.6 Å². The topological polar surface area (TPSA) is 125 Å². The summed E-state index contributed by atoms with van der Waals surface area (Å²) in [5, 5.41) is 13.9. The zero-order chi connectivity index (χ0) is 35.7. The lowest BCUT2D eigenvalue weighted by molar-refractivity contribution is -0.162. The van der Waals surface area contributed by atoms with E-state index >= 15 is 4.79 Å². The molecule has 10 nitrogen and oxygen atoms in total. The Bertz CT molecular complexity index is 1680. The molecule has 0 aromatic heterocycles. The zero-order valence-electron chi connectivity index (χ0n) is 28.9. The van der Waals surface area contributed by atoms with Crippen molar-refractivity contribution in [2.24, 2.45) is 11.8 Å². The van der Waals surface area contributed by atoms with Gasteiger partial charge in [-0.3, -0.25) is 19.2 Å². The average Bonchev–Trinajstić information content (AvgIpc) is 3.74. The van der Waals surface area contributed by atoms with E-state index in [1.54, 1.807) is 6.92 Å². The van der Waals surface area contributed by atoms with E-state index in [2.05, 4.69) is 21.2 Å². The number of aliphatic hydroxyl groups excluding tert-OH is 1. The SMILES string of the molecule is C[C@@H]1NC(=O)CC/C=C\CN(C2CCCCC2)C(=O)[C@H]2N([C@@H](CO)Cc3ccccc3)C(=O)[C@@H]3[C@@H](C(=O)O[C@H]1c1ccccc1)[C@@H]1O[C@@]32C=C1Br. The summed E-state index contributed by atoms with van der Waals surface area (Å²) >= 11 is 3.65. The molecule has 0 radical (unpaired) electrons. The fraction of sp³-hybridized carbons (Fsp3) is 0.500. The molecule has 1 aliphatic carbocycles. The molecule has 2 N–H and O–H groups in total. The highest BCUT2D eigenvalue weighted by Gasteiger charge is 2.75. The summed E-state index contributed by atoms with van der Waals surface area (Å²) in [4.78, 5) is 61.3. The second kappa shape index (κ2) is 15.0. The van der Waals surface area contributed by atoms with E-state index in [1.807, 2.05) is 83.8 Å². The van der Waals surface area contributed by atoms with Crippen molar-refractivity contribution < 1.29 is 33.8 Å².